The summed E-state index contributed by atoms with van der Waals surface area (Å²) in [5.41, 5.74) is 2.38. The van der Waals surface area contributed by atoms with E-state index in [0.29, 0.717) is 0 Å². The monoisotopic (exact) mass is 277 g/mol. The highest BCUT2D eigenvalue weighted by Gasteiger charge is 1.96. The van der Waals surface area contributed by atoms with Crippen LogP contribution in [0.2, 0.25) is 5.02 Å². The second-order valence-electron chi connectivity index (χ2n) is 4.10. The fraction of sp³-hybridized carbons (Fsp3) is 0.200. The molecule has 0 amide bonds. The van der Waals surface area contributed by atoms with Gasteiger partial charge in [0, 0.05) is 27.9 Å². The van der Waals surface area contributed by atoms with Crippen LogP contribution in [0.5, 0.6) is 0 Å². The van der Waals surface area contributed by atoms with Crippen LogP contribution in [0.1, 0.15) is 5.56 Å². The first-order chi connectivity index (χ1) is 8.74. The highest BCUT2D eigenvalue weighted by molar-refractivity contribution is 7.99. The lowest BCUT2D eigenvalue weighted by Gasteiger charge is -2.07. The summed E-state index contributed by atoms with van der Waals surface area (Å²) >= 11 is 7.79. The van der Waals surface area contributed by atoms with Gasteiger partial charge in [-0.1, -0.05) is 35.4 Å². The Kier molecular flexibility index (Phi) is 4.97. The molecule has 0 fully saturated rings. The number of halogens is 1. The van der Waals surface area contributed by atoms with Crippen molar-refractivity contribution >= 4 is 29.1 Å². The van der Waals surface area contributed by atoms with Gasteiger partial charge in [-0.3, -0.25) is 0 Å². The maximum Gasteiger partial charge on any atom is 0.0426 e. The van der Waals surface area contributed by atoms with E-state index < -0.39 is 0 Å². The van der Waals surface area contributed by atoms with Crippen LogP contribution in [-0.2, 0) is 0 Å². The van der Waals surface area contributed by atoms with Crippen LogP contribution in [0.3, 0.4) is 0 Å². The number of aryl methyl sites for hydroxylation is 1. The summed E-state index contributed by atoms with van der Waals surface area (Å²) in [4.78, 5) is 1.32. The second-order valence-corrected chi connectivity index (χ2v) is 5.71. The Bertz CT molecular complexity index is 466. The number of nitrogens with one attached hydrogen (secondary N) is 1. The lowest BCUT2D eigenvalue weighted by Crippen LogP contribution is -2.03. The summed E-state index contributed by atoms with van der Waals surface area (Å²) in [5, 5.41) is 4.13. The van der Waals surface area contributed by atoms with Crippen LogP contribution in [0.25, 0.3) is 0 Å². The van der Waals surface area contributed by atoms with Crippen LogP contribution in [0, 0.1) is 6.92 Å². The van der Waals surface area contributed by atoms with Gasteiger partial charge in [0.15, 0.2) is 0 Å². The molecule has 2 aromatic rings. The van der Waals surface area contributed by atoms with Crippen molar-refractivity contribution in [3.8, 4) is 0 Å². The summed E-state index contributed by atoms with van der Waals surface area (Å²) in [6, 6.07) is 16.4. The summed E-state index contributed by atoms with van der Waals surface area (Å²) < 4.78 is 0. The fourth-order valence-electron chi connectivity index (χ4n) is 1.67. The second kappa shape index (κ2) is 6.72. The smallest absolute Gasteiger partial charge is 0.0426 e. The average molecular weight is 278 g/mol. The molecule has 0 aliphatic heterocycles. The molecule has 18 heavy (non-hydrogen) atoms. The van der Waals surface area contributed by atoms with E-state index in [-0.39, 0.29) is 0 Å². The molecule has 2 rings (SSSR count). The molecule has 0 aliphatic rings. The van der Waals surface area contributed by atoms with E-state index in [9.17, 15) is 0 Å². The van der Waals surface area contributed by atoms with Crippen molar-refractivity contribution in [2.75, 3.05) is 17.6 Å². The van der Waals surface area contributed by atoms with E-state index >= 15 is 0 Å². The predicted octanol–water partition coefficient (Wildman–Crippen LogP) is 4.85. The Hall–Kier alpha value is -1.12. The maximum absolute atomic E-state index is 5.93. The first-order valence-electron chi connectivity index (χ1n) is 5.93. The largest absolute Gasteiger partial charge is 0.384 e. The van der Waals surface area contributed by atoms with E-state index in [2.05, 4.69) is 36.5 Å². The molecule has 0 saturated heterocycles. The molecule has 0 atom stereocenters. The topological polar surface area (TPSA) is 12.0 Å². The fourth-order valence-corrected chi connectivity index (χ4v) is 2.74. The Morgan fingerprint density at radius 2 is 1.94 bits per heavy atom. The molecule has 0 bridgehead atoms. The van der Waals surface area contributed by atoms with Gasteiger partial charge >= 0.3 is 0 Å². The van der Waals surface area contributed by atoms with Gasteiger partial charge in [0.25, 0.3) is 0 Å². The molecule has 2 aromatic carbocycles. The number of rotatable bonds is 5. The van der Waals surface area contributed by atoms with Crippen molar-refractivity contribution in [1.82, 2.24) is 0 Å². The van der Waals surface area contributed by atoms with Gasteiger partial charge in [-0.05, 0) is 37.3 Å². The molecule has 0 saturated carbocycles. The number of benzene rings is 2. The van der Waals surface area contributed by atoms with Gasteiger partial charge < -0.3 is 5.32 Å². The predicted molar refractivity (Wildman–Crippen MR) is 81.8 cm³/mol. The van der Waals surface area contributed by atoms with E-state index in [4.69, 9.17) is 11.6 Å². The van der Waals surface area contributed by atoms with Crippen molar-refractivity contribution in [2.45, 2.75) is 11.8 Å². The Balaban J connectivity index is 1.76. The molecule has 1 N–H and O–H groups in total. The van der Waals surface area contributed by atoms with E-state index in [1.165, 1.54) is 10.5 Å². The van der Waals surface area contributed by atoms with Crippen molar-refractivity contribution in [3.63, 3.8) is 0 Å². The molecule has 94 valence electrons. The molecule has 0 radical (unpaired) electrons. The first kappa shape index (κ1) is 13.3. The molecular weight excluding hydrogens is 262 g/mol. The summed E-state index contributed by atoms with van der Waals surface area (Å²) in [6.07, 6.45) is 0. The lowest BCUT2D eigenvalue weighted by atomic mass is 10.2. The van der Waals surface area contributed by atoms with Crippen LogP contribution in [-0.4, -0.2) is 12.3 Å². The highest BCUT2D eigenvalue weighted by atomic mass is 35.5. The molecule has 1 nitrogen and oxygen atoms in total. The zero-order chi connectivity index (χ0) is 12.8. The van der Waals surface area contributed by atoms with Gasteiger partial charge in [-0.15, -0.1) is 11.8 Å². The normalized spacial score (nSPS) is 10.3. The maximum atomic E-state index is 5.93. The molecule has 0 spiro atoms. The number of thioether (sulfide) groups is 1. The van der Waals surface area contributed by atoms with Gasteiger partial charge in [-0.25, -0.2) is 0 Å². The third-order valence-electron chi connectivity index (χ3n) is 2.51. The minimum absolute atomic E-state index is 0.770. The van der Waals surface area contributed by atoms with Gasteiger partial charge in [0.05, 0.1) is 0 Å². The van der Waals surface area contributed by atoms with Crippen molar-refractivity contribution in [3.05, 3.63) is 59.1 Å². The van der Waals surface area contributed by atoms with Crippen LogP contribution in [0.4, 0.5) is 5.69 Å². The number of hydrogen-bond donors (Lipinski definition) is 1. The molecule has 0 aromatic heterocycles. The summed E-state index contributed by atoms with van der Waals surface area (Å²) in [7, 11) is 0. The van der Waals surface area contributed by atoms with Gasteiger partial charge in [0.1, 0.15) is 0 Å². The zero-order valence-electron chi connectivity index (χ0n) is 10.3. The minimum Gasteiger partial charge on any atom is -0.384 e. The summed E-state index contributed by atoms with van der Waals surface area (Å²) in [5.74, 6) is 1.04. The Labute approximate surface area is 118 Å². The minimum atomic E-state index is 0.770. The third kappa shape index (κ3) is 4.28. The Morgan fingerprint density at radius 1 is 1.11 bits per heavy atom. The lowest BCUT2D eigenvalue weighted by molar-refractivity contribution is 1.22. The van der Waals surface area contributed by atoms with E-state index in [1.54, 1.807) is 0 Å². The molecule has 3 heteroatoms. The first-order valence-corrected chi connectivity index (χ1v) is 7.29. The molecule has 0 aliphatic carbocycles. The van der Waals surface area contributed by atoms with Crippen molar-refractivity contribution in [1.29, 1.82) is 0 Å². The molecular formula is C15H16ClNS. The zero-order valence-corrected chi connectivity index (χ0v) is 11.9. The van der Waals surface area contributed by atoms with E-state index in [0.717, 1.165) is 23.0 Å². The SMILES string of the molecule is Cc1cccc(SCCNc2cccc(Cl)c2)c1. The number of hydrogen-bond acceptors (Lipinski definition) is 2. The van der Waals surface area contributed by atoms with Gasteiger partial charge in [-0.2, -0.15) is 0 Å². The standard InChI is InChI=1S/C15H16ClNS/c1-12-4-2-7-15(10-12)18-9-8-17-14-6-3-5-13(16)11-14/h2-7,10-11,17H,8-9H2,1H3. The Morgan fingerprint density at radius 3 is 2.72 bits per heavy atom. The number of anilines is 1. The van der Waals surface area contributed by atoms with Crippen LogP contribution < -0.4 is 5.32 Å². The van der Waals surface area contributed by atoms with E-state index in [1.807, 2.05) is 36.0 Å². The molecule has 0 unspecified atom stereocenters. The third-order valence-corrected chi connectivity index (χ3v) is 3.74. The van der Waals surface area contributed by atoms with Gasteiger partial charge in [0.2, 0.25) is 0 Å². The average Bonchev–Trinajstić information content (AvgIpc) is 2.35. The van der Waals surface area contributed by atoms with Crippen molar-refractivity contribution < 1.29 is 0 Å². The van der Waals surface area contributed by atoms with Crippen LogP contribution >= 0.6 is 23.4 Å². The highest BCUT2D eigenvalue weighted by Crippen LogP contribution is 2.19. The van der Waals surface area contributed by atoms with Crippen LogP contribution in [0.15, 0.2) is 53.4 Å². The molecule has 0 heterocycles. The quantitative estimate of drug-likeness (QED) is 0.619. The summed E-state index contributed by atoms with van der Waals surface area (Å²) in [6.45, 7) is 3.05. The van der Waals surface area contributed by atoms with Crippen molar-refractivity contribution in [2.24, 2.45) is 0 Å².